The number of rotatable bonds is 4. The van der Waals surface area contributed by atoms with Gasteiger partial charge in [-0.2, -0.15) is 0 Å². The minimum Gasteiger partial charge on any atom is -0.491 e. The fraction of sp³-hybridized carbons (Fsp3) is 0.250. The van der Waals surface area contributed by atoms with E-state index in [1.165, 1.54) is 11.1 Å². The lowest BCUT2D eigenvalue weighted by Gasteiger charge is -2.11. The Bertz CT molecular complexity index is 503. The number of ether oxygens (including phenoxy) is 1. The summed E-state index contributed by atoms with van der Waals surface area (Å²) in [5.41, 5.74) is 9.29. The molecule has 2 heteroatoms. The Balaban J connectivity index is 2.28. The van der Waals surface area contributed by atoms with Gasteiger partial charge in [-0.25, -0.2) is 0 Å². The molecule has 2 aromatic carbocycles. The first kappa shape index (κ1) is 12.7. The summed E-state index contributed by atoms with van der Waals surface area (Å²) >= 11 is 0. The van der Waals surface area contributed by atoms with Crippen molar-refractivity contribution in [2.75, 3.05) is 0 Å². The van der Waals surface area contributed by atoms with Crippen LogP contribution in [0.15, 0.2) is 48.5 Å². The van der Waals surface area contributed by atoms with E-state index in [0.717, 1.165) is 11.3 Å². The predicted molar refractivity (Wildman–Crippen MR) is 75.5 cm³/mol. The highest BCUT2D eigenvalue weighted by Crippen LogP contribution is 2.25. The molecule has 0 aliphatic heterocycles. The zero-order valence-electron chi connectivity index (χ0n) is 10.9. The molecular weight excluding hydrogens is 222 g/mol. The van der Waals surface area contributed by atoms with Crippen LogP contribution in [0.2, 0.25) is 0 Å². The molecule has 0 bridgehead atoms. The molecule has 18 heavy (non-hydrogen) atoms. The van der Waals surface area contributed by atoms with E-state index in [4.69, 9.17) is 10.5 Å². The third-order valence-corrected chi connectivity index (χ3v) is 2.77. The Morgan fingerprint density at radius 1 is 1.00 bits per heavy atom. The SMILES string of the molecule is CC(C)Oc1ccc(-c2ccccc2CN)cc1. The van der Waals surface area contributed by atoms with Crippen molar-refractivity contribution in [1.82, 2.24) is 0 Å². The molecule has 0 amide bonds. The van der Waals surface area contributed by atoms with Crippen LogP contribution in [0.1, 0.15) is 19.4 Å². The topological polar surface area (TPSA) is 35.2 Å². The quantitative estimate of drug-likeness (QED) is 0.887. The molecule has 0 aliphatic rings. The van der Waals surface area contributed by atoms with Crippen LogP contribution in [0.4, 0.5) is 0 Å². The van der Waals surface area contributed by atoms with Gasteiger partial charge in [0, 0.05) is 6.54 Å². The van der Waals surface area contributed by atoms with Gasteiger partial charge in [-0.3, -0.25) is 0 Å². The number of benzene rings is 2. The highest BCUT2D eigenvalue weighted by molar-refractivity contribution is 5.67. The molecule has 0 saturated carbocycles. The molecule has 0 heterocycles. The summed E-state index contributed by atoms with van der Waals surface area (Å²) in [7, 11) is 0. The number of nitrogens with two attached hydrogens (primary N) is 1. The Morgan fingerprint density at radius 3 is 2.28 bits per heavy atom. The zero-order valence-corrected chi connectivity index (χ0v) is 10.9. The minimum atomic E-state index is 0.201. The van der Waals surface area contributed by atoms with E-state index < -0.39 is 0 Å². The summed E-state index contributed by atoms with van der Waals surface area (Å²) in [6.07, 6.45) is 0.201. The van der Waals surface area contributed by atoms with Crippen LogP contribution in [-0.2, 0) is 6.54 Å². The van der Waals surface area contributed by atoms with Crippen LogP contribution in [-0.4, -0.2) is 6.10 Å². The Morgan fingerprint density at radius 2 is 1.67 bits per heavy atom. The summed E-state index contributed by atoms with van der Waals surface area (Å²) in [5, 5.41) is 0. The van der Waals surface area contributed by atoms with Gasteiger partial charge in [0.2, 0.25) is 0 Å². The van der Waals surface area contributed by atoms with Crippen molar-refractivity contribution in [2.45, 2.75) is 26.5 Å². The molecule has 0 saturated heterocycles. The molecule has 2 rings (SSSR count). The fourth-order valence-electron chi connectivity index (χ4n) is 1.97. The molecule has 0 spiro atoms. The molecule has 0 aliphatic carbocycles. The van der Waals surface area contributed by atoms with Crippen molar-refractivity contribution < 1.29 is 4.74 Å². The molecule has 0 radical (unpaired) electrons. The highest BCUT2D eigenvalue weighted by atomic mass is 16.5. The molecule has 0 unspecified atom stereocenters. The molecule has 0 atom stereocenters. The van der Waals surface area contributed by atoms with Gasteiger partial charge >= 0.3 is 0 Å². The van der Waals surface area contributed by atoms with Gasteiger partial charge in [-0.1, -0.05) is 36.4 Å². The number of hydrogen-bond donors (Lipinski definition) is 1. The smallest absolute Gasteiger partial charge is 0.119 e. The second-order valence-electron chi connectivity index (χ2n) is 4.55. The van der Waals surface area contributed by atoms with Crippen molar-refractivity contribution in [3.63, 3.8) is 0 Å². The average Bonchev–Trinajstić information content (AvgIpc) is 2.39. The average molecular weight is 241 g/mol. The van der Waals surface area contributed by atoms with Crippen LogP contribution < -0.4 is 10.5 Å². The first-order chi connectivity index (χ1) is 8.70. The van der Waals surface area contributed by atoms with Crippen molar-refractivity contribution >= 4 is 0 Å². The molecule has 2 aromatic rings. The number of hydrogen-bond acceptors (Lipinski definition) is 2. The van der Waals surface area contributed by atoms with Gasteiger partial charge in [-0.15, -0.1) is 0 Å². The second-order valence-corrected chi connectivity index (χ2v) is 4.55. The largest absolute Gasteiger partial charge is 0.491 e. The monoisotopic (exact) mass is 241 g/mol. The van der Waals surface area contributed by atoms with Crippen LogP contribution in [0.25, 0.3) is 11.1 Å². The molecule has 94 valence electrons. The van der Waals surface area contributed by atoms with Gasteiger partial charge in [0.1, 0.15) is 5.75 Å². The van der Waals surface area contributed by atoms with E-state index in [1.54, 1.807) is 0 Å². The Hall–Kier alpha value is -1.80. The van der Waals surface area contributed by atoms with E-state index in [9.17, 15) is 0 Å². The maximum absolute atomic E-state index is 5.76. The summed E-state index contributed by atoms with van der Waals surface area (Å²) in [6.45, 7) is 4.61. The Kier molecular flexibility index (Phi) is 4.00. The Labute approximate surface area is 108 Å². The predicted octanol–water partition coefficient (Wildman–Crippen LogP) is 3.60. The van der Waals surface area contributed by atoms with Gasteiger partial charge in [0.25, 0.3) is 0 Å². The third-order valence-electron chi connectivity index (χ3n) is 2.77. The van der Waals surface area contributed by atoms with E-state index in [0.29, 0.717) is 6.54 Å². The normalized spacial score (nSPS) is 10.7. The summed E-state index contributed by atoms with van der Waals surface area (Å²) in [6, 6.07) is 16.4. The first-order valence-electron chi connectivity index (χ1n) is 6.26. The fourth-order valence-corrected chi connectivity index (χ4v) is 1.97. The maximum Gasteiger partial charge on any atom is 0.119 e. The van der Waals surface area contributed by atoms with Crippen LogP contribution in [0, 0.1) is 0 Å². The molecule has 2 nitrogen and oxygen atoms in total. The molecule has 2 N–H and O–H groups in total. The van der Waals surface area contributed by atoms with Crippen molar-refractivity contribution in [3.8, 4) is 16.9 Å². The van der Waals surface area contributed by atoms with Crippen molar-refractivity contribution in [2.24, 2.45) is 5.73 Å². The third kappa shape index (κ3) is 2.90. The van der Waals surface area contributed by atoms with Gasteiger partial charge in [0.05, 0.1) is 6.10 Å². The molecule has 0 fully saturated rings. The van der Waals surface area contributed by atoms with Gasteiger partial charge in [0.15, 0.2) is 0 Å². The van der Waals surface area contributed by atoms with Crippen molar-refractivity contribution in [3.05, 3.63) is 54.1 Å². The summed E-state index contributed by atoms with van der Waals surface area (Å²) < 4.78 is 5.64. The summed E-state index contributed by atoms with van der Waals surface area (Å²) in [5.74, 6) is 0.902. The van der Waals surface area contributed by atoms with E-state index >= 15 is 0 Å². The molecular formula is C16H19NO. The lowest BCUT2D eigenvalue weighted by molar-refractivity contribution is 0.242. The molecule has 0 aromatic heterocycles. The first-order valence-corrected chi connectivity index (χ1v) is 6.26. The lowest BCUT2D eigenvalue weighted by atomic mass is 10.00. The van der Waals surface area contributed by atoms with Crippen LogP contribution >= 0.6 is 0 Å². The van der Waals surface area contributed by atoms with E-state index in [-0.39, 0.29) is 6.10 Å². The zero-order chi connectivity index (χ0) is 13.0. The van der Waals surface area contributed by atoms with Crippen molar-refractivity contribution in [1.29, 1.82) is 0 Å². The van der Waals surface area contributed by atoms with E-state index in [1.807, 2.05) is 38.1 Å². The second kappa shape index (κ2) is 5.69. The lowest BCUT2D eigenvalue weighted by Crippen LogP contribution is -2.05. The summed E-state index contributed by atoms with van der Waals surface area (Å²) in [4.78, 5) is 0. The highest BCUT2D eigenvalue weighted by Gasteiger charge is 2.04. The van der Waals surface area contributed by atoms with Gasteiger partial charge < -0.3 is 10.5 Å². The van der Waals surface area contributed by atoms with Crippen LogP contribution in [0.5, 0.6) is 5.75 Å². The van der Waals surface area contributed by atoms with E-state index in [2.05, 4.69) is 24.3 Å². The standard InChI is InChI=1S/C16H19NO/c1-12(2)18-15-9-7-13(8-10-15)16-6-4-3-5-14(16)11-17/h3-10,12H,11,17H2,1-2H3. The minimum absolute atomic E-state index is 0.201. The van der Waals surface area contributed by atoms with Gasteiger partial charge in [-0.05, 0) is 42.7 Å². The maximum atomic E-state index is 5.76. The van der Waals surface area contributed by atoms with Crippen LogP contribution in [0.3, 0.4) is 0 Å².